The van der Waals surface area contributed by atoms with Crippen molar-refractivity contribution < 1.29 is 10.2 Å². The zero-order chi connectivity index (χ0) is 16.8. The number of hydrogen-bond acceptors (Lipinski definition) is 4. The Morgan fingerprint density at radius 3 is 2.04 bits per heavy atom. The highest BCUT2D eigenvalue weighted by atomic mass is 79.9. The number of phenols is 2. The number of aromatic hydroxyl groups is 2. The molecule has 2 rings (SSSR count). The summed E-state index contributed by atoms with van der Waals surface area (Å²) in [5.41, 5.74) is 1.31. The molecule has 0 radical (unpaired) electrons. The molecule has 1 atom stereocenters. The van der Waals surface area contributed by atoms with Gasteiger partial charge in [0.1, 0.15) is 11.5 Å². The predicted octanol–water partition coefficient (Wildman–Crippen LogP) is 4.55. The van der Waals surface area contributed by atoms with Gasteiger partial charge < -0.3 is 10.2 Å². The van der Waals surface area contributed by atoms with Gasteiger partial charge in [0.2, 0.25) is 0 Å². The normalized spacial score (nSPS) is 13.0. The fourth-order valence-corrected chi connectivity index (χ4v) is 2.57. The standard InChI is InChI=1S/C17H16Br2N2O2/c1-11(21-10-13-7-15(19)3-5-17(13)23)8-20-9-12-6-14(18)2-4-16(12)22/h2-7,9-11,22-23H,8H2,1H3/t11-/m1/s1. The number of phenolic OH excluding ortho intramolecular Hbond substituents is 2. The van der Waals surface area contributed by atoms with E-state index in [1.807, 2.05) is 6.92 Å². The molecule has 0 spiro atoms. The molecule has 0 fully saturated rings. The van der Waals surface area contributed by atoms with Crippen molar-refractivity contribution in [1.29, 1.82) is 0 Å². The van der Waals surface area contributed by atoms with Crippen molar-refractivity contribution in [3.8, 4) is 11.5 Å². The maximum absolute atomic E-state index is 9.76. The summed E-state index contributed by atoms with van der Waals surface area (Å²) < 4.78 is 1.76. The maximum Gasteiger partial charge on any atom is 0.124 e. The molecule has 0 aliphatic carbocycles. The molecule has 0 amide bonds. The predicted molar refractivity (Wildman–Crippen MR) is 101 cm³/mol. The smallest absolute Gasteiger partial charge is 0.124 e. The molecule has 0 bridgehead atoms. The highest BCUT2D eigenvalue weighted by Crippen LogP contribution is 2.21. The number of nitrogens with zero attached hydrogens (tertiary/aromatic N) is 2. The zero-order valence-electron chi connectivity index (χ0n) is 12.4. The van der Waals surface area contributed by atoms with Crippen LogP contribution in [0.5, 0.6) is 11.5 Å². The molecule has 2 aromatic rings. The number of rotatable bonds is 5. The van der Waals surface area contributed by atoms with E-state index >= 15 is 0 Å². The average Bonchev–Trinajstić information content (AvgIpc) is 2.51. The SMILES string of the molecule is C[C@H](CN=Cc1cc(Br)ccc1O)N=Cc1cc(Br)ccc1O. The van der Waals surface area contributed by atoms with Crippen molar-refractivity contribution in [2.75, 3.05) is 6.54 Å². The third-order valence-electron chi connectivity index (χ3n) is 3.05. The molecule has 0 saturated carbocycles. The monoisotopic (exact) mass is 438 g/mol. The van der Waals surface area contributed by atoms with Crippen molar-refractivity contribution in [1.82, 2.24) is 0 Å². The fourth-order valence-electron chi connectivity index (χ4n) is 1.82. The molecule has 0 aliphatic rings. The van der Waals surface area contributed by atoms with Gasteiger partial charge in [0.05, 0.1) is 12.6 Å². The molecular weight excluding hydrogens is 424 g/mol. The zero-order valence-corrected chi connectivity index (χ0v) is 15.6. The molecule has 0 saturated heterocycles. The lowest BCUT2D eigenvalue weighted by Gasteiger charge is -2.04. The Morgan fingerprint density at radius 1 is 0.957 bits per heavy atom. The van der Waals surface area contributed by atoms with Gasteiger partial charge >= 0.3 is 0 Å². The van der Waals surface area contributed by atoms with E-state index in [1.54, 1.807) is 48.8 Å². The van der Waals surface area contributed by atoms with Crippen LogP contribution in [0, 0.1) is 0 Å². The second-order valence-electron chi connectivity index (χ2n) is 5.03. The van der Waals surface area contributed by atoms with Gasteiger partial charge in [-0.2, -0.15) is 0 Å². The Labute approximate surface area is 151 Å². The van der Waals surface area contributed by atoms with Gasteiger partial charge in [-0.3, -0.25) is 9.98 Å². The molecule has 0 heterocycles. The summed E-state index contributed by atoms with van der Waals surface area (Å²) in [7, 11) is 0. The van der Waals surface area contributed by atoms with Crippen molar-refractivity contribution in [2.45, 2.75) is 13.0 Å². The molecule has 23 heavy (non-hydrogen) atoms. The van der Waals surface area contributed by atoms with Crippen LogP contribution in [0.2, 0.25) is 0 Å². The van der Waals surface area contributed by atoms with Crippen molar-refractivity contribution in [3.63, 3.8) is 0 Å². The molecule has 4 nitrogen and oxygen atoms in total. The first-order chi connectivity index (χ1) is 11.0. The number of hydrogen-bond donors (Lipinski definition) is 2. The maximum atomic E-state index is 9.76. The van der Waals surface area contributed by atoms with Crippen LogP contribution in [0.1, 0.15) is 18.1 Å². The fraction of sp³-hybridized carbons (Fsp3) is 0.176. The van der Waals surface area contributed by atoms with E-state index in [0.717, 1.165) is 8.95 Å². The van der Waals surface area contributed by atoms with E-state index in [4.69, 9.17) is 0 Å². The second-order valence-corrected chi connectivity index (χ2v) is 6.86. The van der Waals surface area contributed by atoms with E-state index in [9.17, 15) is 10.2 Å². The van der Waals surface area contributed by atoms with Crippen LogP contribution in [0.3, 0.4) is 0 Å². The minimum atomic E-state index is -0.0427. The van der Waals surface area contributed by atoms with E-state index in [1.165, 1.54) is 0 Å². The third kappa shape index (κ3) is 5.48. The highest BCUT2D eigenvalue weighted by molar-refractivity contribution is 9.10. The quantitative estimate of drug-likeness (QED) is 0.671. The summed E-state index contributed by atoms with van der Waals surface area (Å²) in [6, 6.07) is 10.3. The summed E-state index contributed by atoms with van der Waals surface area (Å²) in [6.07, 6.45) is 3.26. The van der Waals surface area contributed by atoms with Crippen LogP contribution in [0.25, 0.3) is 0 Å². The van der Waals surface area contributed by atoms with Gasteiger partial charge in [-0.15, -0.1) is 0 Å². The van der Waals surface area contributed by atoms with Gasteiger partial charge in [0.25, 0.3) is 0 Å². The lowest BCUT2D eigenvalue weighted by atomic mass is 10.2. The Bertz CT molecular complexity index is 745. The number of aliphatic imine (C=N–C) groups is 2. The number of halogens is 2. The summed E-state index contributed by atoms with van der Waals surface area (Å²) >= 11 is 6.72. The Kier molecular flexibility index (Phi) is 6.36. The highest BCUT2D eigenvalue weighted by Gasteiger charge is 2.02. The molecule has 6 heteroatoms. The third-order valence-corrected chi connectivity index (χ3v) is 4.03. The van der Waals surface area contributed by atoms with Crippen LogP contribution < -0.4 is 0 Å². The van der Waals surface area contributed by atoms with Gasteiger partial charge in [-0.25, -0.2) is 0 Å². The average molecular weight is 440 g/mol. The van der Waals surface area contributed by atoms with E-state index in [0.29, 0.717) is 17.7 Å². The molecule has 2 aromatic carbocycles. The first kappa shape index (κ1) is 17.7. The van der Waals surface area contributed by atoms with Crippen LogP contribution in [0.4, 0.5) is 0 Å². The van der Waals surface area contributed by atoms with E-state index in [-0.39, 0.29) is 17.5 Å². The molecule has 0 aromatic heterocycles. The minimum absolute atomic E-state index is 0.0427. The molecule has 2 N–H and O–H groups in total. The van der Waals surface area contributed by atoms with Crippen LogP contribution in [-0.2, 0) is 0 Å². The molecule has 0 unspecified atom stereocenters. The van der Waals surface area contributed by atoms with Gasteiger partial charge in [-0.1, -0.05) is 31.9 Å². The topological polar surface area (TPSA) is 65.2 Å². The first-order valence-corrected chi connectivity index (χ1v) is 8.54. The second kappa shape index (κ2) is 8.26. The molecular formula is C17H16Br2N2O2. The Morgan fingerprint density at radius 2 is 1.48 bits per heavy atom. The lowest BCUT2D eigenvalue weighted by molar-refractivity contribution is 0.473. The summed E-state index contributed by atoms with van der Waals surface area (Å²) in [4.78, 5) is 8.68. The first-order valence-electron chi connectivity index (χ1n) is 6.96. The summed E-state index contributed by atoms with van der Waals surface area (Å²) in [6.45, 7) is 2.42. The summed E-state index contributed by atoms with van der Waals surface area (Å²) in [5, 5.41) is 19.5. The van der Waals surface area contributed by atoms with Crippen LogP contribution >= 0.6 is 31.9 Å². The molecule has 0 aliphatic heterocycles. The summed E-state index contributed by atoms with van der Waals surface area (Å²) in [5.74, 6) is 0.374. The largest absolute Gasteiger partial charge is 0.507 e. The van der Waals surface area contributed by atoms with Crippen LogP contribution in [0.15, 0.2) is 55.3 Å². The number of benzene rings is 2. The van der Waals surface area contributed by atoms with Crippen LogP contribution in [-0.4, -0.2) is 35.2 Å². The van der Waals surface area contributed by atoms with Crippen molar-refractivity contribution in [3.05, 3.63) is 56.5 Å². The Hall–Kier alpha value is -1.66. The van der Waals surface area contributed by atoms with Crippen molar-refractivity contribution in [2.24, 2.45) is 9.98 Å². The molecule has 120 valence electrons. The van der Waals surface area contributed by atoms with Gasteiger partial charge in [0.15, 0.2) is 0 Å². The van der Waals surface area contributed by atoms with E-state index < -0.39 is 0 Å². The van der Waals surface area contributed by atoms with Crippen molar-refractivity contribution >= 4 is 44.3 Å². The van der Waals surface area contributed by atoms with Gasteiger partial charge in [0, 0.05) is 32.5 Å². The lowest BCUT2D eigenvalue weighted by Crippen LogP contribution is -2.04. The minimum Gasteiger partial charge on any atom is -0.507 e. The Balaban J connectivity index is 1.98. The van der Waals surface area contributed by atoms with Gasteiger partial charge in [-0.05, 0) is 43.3 Å². The van der Waals surface area contributed by atoms with E-state index in [2.05, 4.69) is 41.8 Å².